The lowest BCUT2D eigenvalue weighted by molar-refractivity contribution is 0.0880. The van der Waals surface area contributed by atoms with Crippen LogP contribution in [0.2, 0.25) is 0 Å². The molecular formula is C18H19FN7O6P. The largest absolute Gasteiger partial charge is 0.469 e. The van der Waals surface area contributed by atoms with Gasteiger partial charge in [-0.2, -0.15) is 4.80 Å². The van der Waals surface area contributed by atoms with Gasteiger partial charge in [0.05, 0.1) is 25.9 Å². The number of carbonyl (C=O) groups excluding carboxylic acids is 1. The van der Waals surface area contributed by atoms with Gasteiger partial charge in [-0.1, -0.05) is 5.10 Å². The summed E-state index contributed by atoms with van der Waals surface area (Å²) in [5, 5.41) is 11.8. The summed E-state index contributed by atoms with van der Waals surface area (Å²) < 4.78 is 35.1. The van der Waals surface area contributed by atoms with Gasteiger partial charge in [-0.15, -0.1) is 5.10 Å². The quantitative estimate of drug-likeness (QED) is 0.475. The highest BCUT2D eigenvalue weighted by atomic mass is 31.2. The summed E-state index contributed by atoms with van der Waals surface area (Å²) in [6, 6.07) is 7.58. The van der Waals surface area contributed by atoms with Crippen molar-refractivity contribution in [2.24, 2.45) is 7.05 Å². The number of halogens is 1. The van der Waals surface area contributed by atoms with Gasteiger partial charge in [0, 0.05) is 24.4 Å². The molecule has 1 atom stereocenters. The third-order valence-corrected chi connectivity index (χ3v) is 5.25. The zero-order valence-electron chi connectivity index (χ0n) is 17.4. The highest BCUT2D eigenvalue weighted by Gasteiger charge is 2.34. The van der Waals surface area contributed by atoms with Crippen LogP contribution in [0, 0.1) is 5.82 Å². The van der Waals surface area contributed by atoms with E-state index in [4.69, 9.17) is 14.5 Å². The van der Waals surface area contributed by atoms with Crippen LogP contribution in [-0.4, -0.2) is 67.4 Å². The summed E-state index contributed by atoms with van der Waals surface area (Å²) in [7, 11) is -1.33. The average Bonchev–Trinajstić information content (AvgIpc) is 3.37. The van der Waals surface area contributed by atoms with E-state index in [0.29, 0.717) is 17.3 Å². The van der Waals surface area contributed by atoms with E-state index in [2.05, 4.69) is 24.9 Å². The Balaban J connectivity index is 1.47. The van der Waals surface area contributed by atoms with Crippen LogP contribution in [0.4, 0.5) is 26.6 Å². The summed E-state index contributed by atoms with van der Waals surface area (Å²) >= 11 is 0. The first-order chi connectivity index (χ1) is 15.6. The Bertz CT molecular complexity index is 1220. The molecule has 1 aliphatic heterocycles. The van der Waals surface area contributed by atoms with E-state index in [1.165, 1.54) is 29.2 Å². The maximum atomic E-state index is 14.9. The van der Waals surface area contributed by atoms with Crippen molar-refractivity contribution in [3.05, 3.63) is 42.3 Å². The average molecular weight is 479 g/mol. The van der Waals surface area contributed by atoms with Crippen molar-refractivity contribution >= 4 is 31.4 Å². The van der Waals surface area contributed by atoms with Crippen molar-refractivity contribution in [3.8, 4) is 11.1 Å². The fourth-order valence-electron chi connectivity index (χ4n) is 3.16. The molecule has 2 N–H and O–H groups in total. The van der Waals surface area contributed by atoms with E-state index in [-0.39, 0.29) is 17.8 Å². The smallest absolute Gasteiger partial charge is 0.441 e. The van der Waals surface area contributed by atoms with Gasteiger partial charge in [-0.05, 0) is 35.5 Å². The van der Waals surface area contributed by atoms with Crippen molar-refractivity contribution in [1.29, 1.82) is 0 Å². The molecule has 0 bridgehead atoms. The van der Waals surface area contributed by atoms with Crippen molar-refractivity contribution < 1.29 is 32.8 Å². The highest BCUT2D eigenvalue weighted by molar-refractivity contribution is 7.46. The number of ether oxygens (including phenoxy) is 1. The molecule has 1 amide bonds. The summed E-state index contributed by atoms with van der Waals surface area (Å²) in [6.45, 7) is -0.528. The summed E-state index contributed by atoms with van der Waals surface area (Å²) in [4.78, 5) is 38.1. The van der Waals surface area contributed by atoms with Crippen LogP contribution >= 0.6 is 7.82 Å². The van der Waals surface area contributed by atoms with Crippen LogP contribution in [-0.2, 0) is 20.9 Å². The fraction of sp³-hybridized carbons (Fsp3) is 0.278. The molecule has 1 fully saturated rings. The zero-order chi connectivity index (χ0) is 23.8. The molecule has 1 saturated heterocycles. The number of aryl methyl sites for hydroxylation is 1. The summed E-state index contributed by atoms with van der Waals surface area (Å²) in [6.07, 6.45) is -0.168. The van der Waals surface area contributed by atoms with Gasteiger partial charge < -0.3 is 14.5 Å². The van der Waals surface area contributed by atoms with Crippen LogP contribution < -0.4 is 9.80 Å². The first-order valence-electron chi connectivity index (χ1n) is 9.52. The number of benzene rings is 1. The lowest BCUT2D eigenvalue weighted by Crippen LogP contribution is -2.25. The van der Waals surface area contributed by atoms with Gasteiger partial charge in [0.1, 0.15) is 17.7 Å². The van der Waals surface area contributed by atoms with E-state index in [1.807, 2.05) is 0 Å². The van der Waals surface area contributed by atoms with E-state index in [9.17, 15) is 13.8 Å². The van der Waals surface area contributed by atoms with Gasteiger partial charge >= 0.3 is 13.9 Å². The molecule has 1 aromatic carbocycles. The number of hydrogen-bond donors (Lipinski definition) is 2. The number of phosphoric ester groups is 1. The minimum atomic E-state index is -4.69. The molecule has 4 rings (SSSR count). The Morgan fingerprint density at radius 1 is 1.33 bits per heavy atom. The van der Waals surface area contributed by atoms with Crippen LogP contribution in [0.5, 0.6) is 0 Å². The van der Waals surface area contributed by atoms with Crippen molar-refractivity contribution in [3.63, 3.8) is 0 Å². The second-order valence-electron chi connectivity index (χ2n) is 7.11. The van der Waals surface area contributed by atoms with Crippen LogP contribution in [0.3, 0.4) is 0 Å². The Morgan fingerprint density at radius 2 is 2.12 bits per heavy atom. The number of hydrogen-bond acceptors (Lipinski definition) is 9. The second-order valence-corrected chi connectivity index (χ2v) is 8.35. The van der Waals surface area contributed by atoms with Gasteiger partial charge in [0.2, 0.25) is 0 Å². The monoisotopic (exact) mass is 479 g/mol. The molecule has 0 radical (unpaired) electrons. The van der Waals surface area contributed by atoms with Crippen molar-refractivity contribution in [1.82, 2.24) is 25.2 Å². The van der Waals surface area contributed by atoms with Gasteiger partial charge in [-0.3, -0.25) is 14.3 Å². The molecule has 3 aromatic rings. The number of amides is 1. The molecule has 0 spiro atoms. The first kappa shape index (κ1) is 22.7. The normalized spacial score (nSPS) is 16.2. The number of pyridine rings is 1. The summed E-state index contributed by atoms with van der Waals surface area (Å²) in [5.41, 5.74) is 1.02. The third kappa shape index (κ3) is 5.14. The number of rotatable bonds is 7. The molecule has 15 heteroatoms. The van der Waals surface area contributed by atoms with Gasteiger partial charge in [-0.25, -0.2) is 18.7 Å². The second kappa shape index (κ2) is 8.83. The first-order valence-corrected chi connectivity index (χ1v) is 11.1. The molecule has 1 aliphatic rings. The van der Waals surface area contributed by atoms with Crippen LogP contribution in [0.25, 0.3) is 11.1 Å². The van der Waals surface area contributed by atoms with Crippen molar-refractivity contribution in [2.45, 2.75) is 6.10 Å². The number of cyclic esters (lactones) is 1. The minimum absolute atomic E-state index is 0.0450. The summed E-state index contributed by atoms with van der Waals surface area (Å²) in [5.74, 6) is 0.302. The molecule has 13 nitrogen and oxygen atoms in total. The molecule has 3 heterocycles. The number of aromatic nitrogens is 5. The highest BCUT2D eigenvalue weighted by Crippen LogP contribution is 2.37. The Hall–Kier alpha value is -3.45. The molecule has 2 aromatic heterocycles. The van der Waals surface area contributed by atoms with Crippen LogP contribution in [0.1, 0.15) is 0 Å². The number of nitrogens with zero attached hydrogens (tertiary/aromatic N) is 7. The molecule has 1 unspecified atom stereocenters. The number of tetrazole rings is 1. The maximum Gasteiger partial charge on any atom is 0.469 e. The number of anilines is 3. The van der Waals surface area contributed by atoms with Gasteiger partial charge in [0.15, 0.2) is 0 Å². The molecular weight excluding hydrogens is 460 g/mol. The van der Waals surface area contributed by atoms with E-state index in [0.717, 1.165) is 4.90 Å². The zero-order valence-corrected chi connectivity index (χ0v) is 18.3. The lowest BCUT2D eigenvalue weighted by atomic mass is 10.1. The number of carbonyl (C=O) groups is 1. The predicted molar refractivity (Wildman–Crippen MR) is 112 cm³/mol. The maximum absolute atomic E-state index is 14.9. The molecule has 33 heavy (non-hydrogen) atoms. The topological polar surface area (TPSA) is 156 Å². The van der Waals surface area contributed by atoms with Crippen molar-refractivity contribution in [2.75, 3.05) is 30.0 Å². The van der Waals surface area contributed by atoms with E-state index in [1.54, 1.807) is 31.1 Å². The molecule has 0 aliphatic carbocycles. The van der Waals surface area contributed by atoms with Crippen LogP contribution in [0.15, 0.2) is 36.5 Å². The molecule has 174 valence electrons. The van der Waals surface area contributed by atoms with Gasteiger partial charge in [0.25, 0.3) is 5.95 Å². The molecule has 0 saturated carbocycles. The predicted octanol–water partition coefficient (Wildman–Crippen LogP) is 1.61. The fourth-order valence-corrected chi connectivity index (χ4v) is 3.52. The number of phosphoric acid groups is 1. The Labute approximate surface area is 186 Å². The SMILES string of the molecule is CN(c1ccc(-c2ccc(N3CC(COP(=O)(O)O)OC3=O)cc2F)cn1)c1nnn(C)n1. The lowest BCUT2D eigenvalue weighted by Gasteiger charge is -2.15. The van der Waals surface area contributed by atoms with E-state index >= 15 is 0 Å². The Morgan fingerprint density at radius 3 is 2.73 bits per heavy atom. The standard InChI is InChI=1S/C18H19FN7O6P/c1-24(17-21-23-25(2)22-17)16-6-3-11(8-20-16)14-5-4-12(7-15(14)19)26-9-13(32-18(26)27)10-31-33(28,29)30/h3-8,13H,9-10H2,1-2H3,(H2,28,29,30). The van der Waals surface area contributed by atoms with E-state index < -0.39 is 32.4 Å². The Kier molecular flexibility index (Phi) is 6.08. The third-order valence-electron chi connectivity index (χ3n) is 4.77. The minimum Gasteiger partial charge on any atom is -0.441 e.